The number of benzene rings is 1. The number of nitrogens with one attached hydrogen (secondary N) is 1. The number of hydrogen-bond acceptors (Lipinski definition) is 1. The molecule has 1 aromatic rings. The molecule has 76 valence electrons. The fourth-order valence-corrected chi connectivity index (χ4v) is 2.38. The lowest BCUT2D eigenvalue weighted by Gasteiger charge is -2.14. The second-order valence-corrected chi connectivity index (χ2v) is 4.25. The summed E-state index contributed by atoms with van der Waals surface area (Å²) in [5.74, 6) is 0.329. The molecule has 3 unspecified atom stereocenters. The van der Waals surface area contributed by atoms with Crippen molar-refractivity contribution in [2.45, 2.75) is 38.3 Å². The summed E-state index contributed by atoms with van der Waals surface area (Å²) < 4.78 is 13.0. The van der Waals surface area contributed by atoms with Crippen molar-refractivity contribution in [3.8, 4) is 0 Å². The van der Waals surface area contributed by atoms with Crippen LogP contribution in [-0.2, 0) is 0 Å². The van der Waals surface area contributed by atoms with E-state index in [-0.39, 0.29) is 5.82 Å². The highest BCUT2D eigenvalue weighted by Gasteiger charge is 2.29. The average Bonchev–Trinajstić information content (AvgIpc) is 2.45. The quantitative estimate of drug-likeness (QED) is 0.723. The van der Waals surface area contributed by atoms with Crippen LogP contribution in [0.3, 0.4) is 0 Å². The molecule has 1 saturated heterocycles. The van der Waals surface area contributed by atoms with E-state index < -0.39 is 0 Å². The summed E-state index contributed by atoms with van der Waals surface area (Å²) in [4.78, 5) is 0. The van der Waals surface area contributed by atoms with E-state index in [9.17, 15) is 4.39 Å². The molecule has 0 amide bonds. The van der Waals surface area contributed by atoms with Crippen molar-refractivity contribution < 1.29 is 4.39 Å². The Morgan fingerprint density at radius 2 is 2.14 bits per heavy atom. The zero-order chi connectivity index (χ0) is 10.1. The lowest BCUT2D eigenvalue weighted by Crippen LogP contribution is -2.26. The molecule has 3 atom stereocenters. The molecular formula is C12H16FN. The Morgan fingerprint density at radius 3 is 2.71 bits per heavy atom. The van der Waals surface area contributed by atoms with Crippen LogP contribution >= 0.6 is 0 Å². The summed E-state index contributed by atoms with van der Waals surface area (Å²) in [5.41, 5.74) is 1.12. The molecule has 1 aliphatic heterocycles. The zero-order valence-corrected chi connectivity index (χ0v) is 8.63. The first kappa shape index (κ1) is 9.66. The van der Waals surface area contributed by atoms with Crippen LogP contribution in [0.15, 0.2) is 24.3 Å². The summed E-state index contributed by atoms with van der Waals surface area (Å²) in [5, 5.41) is 3.46. The van der Waals surface area contributed by atoms with Crippen molar-refractivity contribution in [3.63, 3.8) is 0 Å². The minimum atomic E-state index is -0.130. The normalized spacial score (nSPS) is 32.1. The third kappa shape index (κ3) is 1.80. The van der Waals surface area contributed by atoms with Gasteiger partial charge in [-0.2, -0.15) is 0 Å². The maximum absolute atomic E-state index is 13.0. The van der Waals surface area contributed by atoms with Crippen LogP contribution in [-0.4, -0.2) is 12.1 Å². The highest BCUT2D eigenvalue weighted by molar-refractivity contribution is 5.23. The molecule has 0 saturated carbocycles. The monoisotopic (exact) mass is 193 g/mol. The van der Waals surface area contributed by atoms with Crippen LogP contribution in [0, 0.1) is 5.82 Å². The minimum absolute atomic E-state index is 0.130. The largest absolute Gasteiger partial charge is 0.311 e. The van der Waals surface area contributed by atoms with Crippen LogP contribution in [0.5, 0.6) is 0 Å². The maximum Gasteiger partial charge on any atom is 0.123 e. The van der Waals surface area contributed by atoms with Crippen molar-refractivity contribution in [3.05, 3.63) is 35.6 Å². The molecule has 0 radical (unpaired) electrons. The summed E-state index contributed by atoms with van der Waals surface area (Å²) in [6.45, 7) is 4.34. The standard InChI is InChI=1S/C12H16FN/c1-8-6-12(9(2)14-8)10-4-3-5-11(13)7-10/h3-5,7-9,12,14H,6H2,1-2H3. The van der Waals surface area contributed by atoms with Gasteiger partial charge in [0.2, 0.25) is 0 Å². The van der Waals surface area contributed by atoms with Crippen molar-refractivity contribution in [2.24, 2.45) is 0 Å². The predicted molar refractivity (Wildman–Crippen MR) is 55.8 cm³/mol. The van der Waals surface area contributed by atoms with Crippen LogP contribution < -0.4 is 5.32 Å². The number of rotatable bonds is 1. The highest BCUT2D eigenvalue weighted by Crippen LogP contribution is 2.30. The maximum atomic E-state index is 13.0. The van der Waals surface area contributed by atoms with E-state index in [1.165, 1.54) is 6.07 Å². The topological polar surface area (TPSA) is 12.0 Å². The Morgan fingerprint density at radius 1 is 1.36 bits per heavy atom. The number of hydrogen-bond donors (Lipinski definition) is 1. The molecule has 1 heterocycles. The Hall–Kier alpha value is -0.890. The van der Waals surface area contributed by atoms with Crippen LogP contribution in [0.4, 0.5) is 4.39 Å². The van der Waals surface area contributed by atoms with Crippen molar-refractivity contribution in [1.29, 1.82) is 0 Å². The van der Waals surface area contributed by atoms with E-state index in [0.717, 1.165) is 12.0 Å². The van der Waals surface area contributed by atoms with Gasteiger partial charge in [-0.25, -0.2) is 4.39 Å². The van der Waals surface area contributed by atoms with Gasteiger partial charge in [-0.05, 0) is 38.0 Å². The van der Waals surface area contributed by atoms with E-state index in [2.05, 4.69) is 19.2 Å². The molecule has 0 bridgehead atoms. The molecule has 14 heavy (non-hydrogen) atoms. The molecule has 1 aliphatic rings. The molecule has 0 aliphatic carbocycles. The van der Waals surface area contributed by atoms with Crippen LogP contribution in [0.2, 0.25) is 0 Å². The molecule has 1 fully saturated rings. The molecule has 2 heteroatoms. The van der Waals surface area contributed by atoms with E-state index in [1.54, 1.807) is 12.1 Å². The second-order valence-electron chi connectivity index (χ2n) is 4.25. The van der Waals surface area contributed by atoms with Gasteiger partial charge in [-0.3, -0.25) is 0 Å². The third-order valence-electron chi connectivity index (χ3n) is 3.04. The Labute approximate surface area is 84.3 Å². The third-order valence-corrected chi connectivity index (χ3v) is 3.04. The van der Waals surface area contributed by atoms with Crippen molar-refractivity contribution in [1.82, 2.24) is 5.32 Å². The zero-order valence-electron chi connectivity index (χ0n) is 8.63. The molecule has 0 aromatic heterocycles. The van der Waals surface area contributed by atoms with Crippen LogP contribution in [0.25, 0.3) is 0 Å². The molecular weight excluding hydrogens is 177 g/mol. The van der Waals surface area contributed by atoms with Crippen LogP contribution in [0.1, 0.15) is 31.7 Å². The van der Waals surface area contributed by atoms with Gasteiger partial charge in [0, 0.05) is 18.0 Å². The van der Waals surface area contributed by atoms with Gasteiger partial charge in [0.05, 0.1) is 0 Å². The first-order valence-corrected chi connectivity index (χ1v) is 5.18. The lowest BCUT2D eigenvalue weighted by atomic mass is 9.92. The second kappa shape index (κ2) is 3.70. The SMILES string of the molecule is CC1CC(c2cccc(F)c2)C(C)N1. The van der Waals surface area contributed by atoms with Gasteiger partial charge in [0.25, 0.3) is 0 Å². The van der Waals surface area contributed by atoms with E-state index >= 15 is 0 Å². The first-order valence-electron chi connectivity index (χ1n) is 5.18. The summed E-state index contributed by atoms with van der Waals surface area (Å²) in [6.07, 6.45) is 1.10. The highest BCUT2D eigenvalue weighted by atomic mass is 19.1. The van der Waals surface area contributed by atoms with Gasteiger partial charge in [0.1, 0.15) is 5.82 Å². The summed E-state index contributed by atoms with van der Waals surface area (Å²) in [6, 6.07) is 7.95. The number of halogens is 1. The Balaban J connectivity index is 2.23. The minimum Gasteiger partial charge on any atom is -0.311 e. The van der Waals surface area contributed by atoms with Gasteiger partial charge in [-0.15, -0.1) is 0 Å². The fraction of sp³-hybridized carbons (Fsp3) is 0.500. The lowest BCUT2D eigenvalue weighted by molar-refractivity contribution is 0.570. The fourth-order valence-electron chi connectivity index (χ4n) is 2.38. The van der Waals surface area contributed by atoms with Crippen molar-refractivity contribution >= 4 is 0 Å². The van der Waals surface area contributed by atoms with Gasteiger partial charge in [-0.1, -0.05) is 12.1 Å². The molecule has 2 rings (SSSR count). The first-order chi connectivity index (χ1) is 6.66. The summed E-state index contributed by atoms with van der Waals surface area (Å²) in [7, 11) is 0. The predicted octanol–water partition coefficient (Wildman–Crippen LogP) is 2.68. The Bertz CT molecular complexity index is 324. The van der Waals surface area contributed by atoms with Crippen molar-refractivity contribution in [2.75, 3.05) is 0 Å². The van der Waals surface area contributed by atoms with Gasteiger partial charge in [0.15, 0.2) is 0 Å². The summed E-state index contributed by atoms with van der Waals surface area (Å²) >= 11 is 0. The molecule has 1 aromatic carbocycles. The van der Waals surface area contributed by atoms with Gasteiger partial charge < -0.3 is 5.32 Å². The van der Waals surface area contributed by atoms with E-state index in [4.69, 9.17) is 0 Å². The molecule has 0 spiro atoms. The van der Waals surface area contributed by atoms with E-state index in [1.807, 2.05) is 6.07 Å². The Kier molecular flexibility index (Phi) is 2.55. The van der Waals surface area contributed by atoms with E-state index in [0.29, 0.717) is 18.0 Å². The average molecular weight is 193 g/mol. The smallest absolute Gasteiger partial charge is 0.123 e. The molecule has 1 nitrogen and oxygen atoms in total. The molecule has 1 N–H and O–H groups in total. The van der Waals surface area contributed by atoms with Gasteiger partial charge >= 0.3 is 0 Å².